The van der Waals surface area contributed by atoms with Gasteiger partial charge in [0.15, 0.2) is 5.96 Å². The summed E-state index contributed by atoms with van der Waals surface area (Å²) in [6, 6.07) is 1.39. The maximum Gasteiger partial charge on any atom is 0.306 e. The molecule has 156 valence electrons. The van der Waals surface area contributed by atoms with Gasteiger partial charge in [0.05, 0.1) is 0 Å². The zero-order valence-electron chi connectivity index (χ0n) is 16.8. The Morgan fingerprint density at radius 3 is 2.44 bits per heavy atom. The Balaban J connectivity index is 0.00000261. The Morgan fingerprint density at radius 1 is 1.11 bits per heavy atom. The topological polar surface area (TPSA) is 66.0 Å². The van der Waals surface area contributed by atoms with Crippen LogP contribution >= 0.6 is 24.0 Å². The number of nitrogens with one attached hydrogen (secondary N) is 2. The van der Waals surface area contributed by atoms with Crippen molar-refractivity contribution in [2.75, 3.05) is 26.2 Å². The summed E-state index contributed by atoms with van der Waals surface area (Å²) in [4.78, 5) is 19.2. The highest BCUT2D eigenvalue weighted by atomic mass is 127. The molecule has 0 bridgehead atoms. The second-order valence-electron chi connectivity index (χ2n) is 7.95. The van der Waals surface area contributed by atoms with Crippen molar-refractivity contribution in [3.8, 4) is 0 Å². The normalized spacial score (nSPS) is 22.3. The average molecular weight is 492 g/mol. The number of hydrogen-bond acceptors (Lipinski definition) is 4. The molecule has 0 amide bonds. The molecule has 0 aromatic heterocycles. The summed E-state index contributed by atoms with van der Waals surface area (Å²) in [5.41, 5.74) is 0. The van der Waals surface area contributed by atoms with Crippen molar-refractivity contribution in [3.63, 3.8) is 0 Å². The van der Waals surface area contributed by atoms with Crippen molar-refractivity contribution in [1.82, 2.24) is 15.5 Å². The number of aliphatic imine (C=N–C) groups is 1. The second-order valence-corrected chi connectivity index (χ2v) is 7.95. The van der Waals surface area contributed by atoms with E-state index in [0.29, 0.717) is 19.0 Å². The van der Waals surface area contributed by atoms with E-state index in [2.05, 4.69) is 27.4 Å². The first kappa shape index (κ1) is 22.7. The third kappa shape index (κ3) is 8.13. The molecule has 3 rings (SSSR count). The van der Waals surface area contributed by atoms with Crippen molar-refractivity contribution in [3.05, 3.63) is 0 Å². The molecule has 0 atom stereocenters. The summed E-state index contributed by atoms with van der Waals surface area (Å²) in [6.45, 7) is 6.02. The zero-order chi connectivity index (χ0) is 18.2. The number of halogens is 1. The van der Waals surface area contributed by atoms with Gasteiger partial charge in [0.2, 0.25) is 0 Å². The van der Waals surface area contributed by atoms with Crippen LogP contribution in [0.25, 0.3) is 0 Å². The molecular weight excluding hydrogens is 455 g/mol. The van der Waals surface area contributed by atoms with Crippen molar-refractivity contribution in [2.24, 2.45) is 4.99 Å². The first-order valence-corrected chi connectivity index (χ1v) is 10.7. The van der Waals surface area contributed by atoms with Gasteiger partial charge in [0.1, 0.15) is 6.10 Å². The molecule has 0 aromatic carbocycles. The Labute approximate surface area is 181 Å². The molecule has 3 aliphatic rings. The van der Waals surface area contributed by atoms with Crippen LogP contribution in [0.1, 0.15) is 71.1 Å². The lowest BCUT2D eigenvalue weighted by Gasteiger charge is -2.33. The van der Waals surface area contributed by atoms with E-state index in [1.807, 2.05) is 0 Å². The Hall–Kier alpha value is -0.570. The minimum atomic E-state index is -0.0579. The van der Waals surface area contributed by atoms with Crippen LogP contribution in [-0.4, -0.2) is 61.2 Å². The summed E-state index contributed by atoms with van der Waals surface area (Å²) < 4.78 is 5.50. The second kappa shape index (κ2) is 12.1. The number of piperidine rings is 1. The molecule has 2 N–H and O–H groups in total. The van der Waals surface area contributed by atoms with Crippen molar-refractivity contribution >= 4 is 35.9 Å². The van der Waals surface area contributed by atoms with E-state index >= 15 is 0 Å². The third-order valence-electron chi connectivity index (χ3n) is 5.69. The van der Waals surface area contributed by atoms with Crippen molar-refractivity contribution in [1.29, 1.82) is 0 Å². The van der Waals surface area contributed by atoms with Gasteiger partial charge < -0.3 is 20.3 Å². The number of hydrogen-bond donors (Lipinski definition) is 2. The van der Waals surface area contributed by atoms with E-state index in [-0.39, 0.29) is 36.0 Å². The minimum absolute atomic E-state index is 0. The van der Waals surface area contributed by atoms with Crippen molar-refractivity contribution < 1.29 is 9.53 Å². The highest BCUT2D eigenvalue weighted by Crippen LogP contribution is 2.29. The highest BCUT2D eigenvalue weighted by Gasteiger charge is 2.31. The lowest BCUT2D eigenvalue weighted by Crippen LogP contribution is -2.49. The molecule has 2 saturated carbocycles. The average Bonchev–Trinajstić information content (AvgIpc) is 3.37. The number of esters is 1. The van der Waals surface area contributed by atoms with Gasteiger partial charge in [-0.2, -0.15) is 0 Å². The fraction of sp³-hybridized carbons (Fsp3) is 0.900. The van der Waals surface area contributed by atoms with Gasteiger partial charge in [-0.05, 0) is 64.7 Å². The number of guanidine groups is 1. The van der Waals surface area contributed by atoms with Crippen LogP contribution in [0.3, 0.4) is 0 Å². The van der Waals surface area contributed by atoms with Crippen LogP contribution in [0.15, 0.2) is 4.99 Å². The Morgan fingerprint density at radius 2 is 1.81 bits per heavy atom. The van der Waals surface area contributed by atoms with Crippen molar-refractivity contribution in [2.45, 2.75) is 89.3 Å². The zero-order valence-corrected chi connectivity index (χ0v) is 19.1. The standard InChI is InChI=1S/C20H36N4O2.HI/c1-2-21-20(23-16-11-14-24(15-12-16)17-9-10-17)22-13-5-8-19(25)26-18-6-3-4-7-18;/h16-18H,2-15H2,1H3,(H2,21,22,23);1H. The van der Waals surface area contributed by atoms with Gasteiger partial charge in [0.25, 0.3) is 0 Å². The molecular formula is C20H37IN4O2. The number of carbonyl (C=O) groups excluding carboxylic acids is 1. The van der Waals surface area contributed by atoms with Crippen LogP contribution in [0.4, 0.5) is 0 Å². The predicted molar refractivity (Wildman–Crippen MR) is 120 cm³/mol. The lowest BCUT2D eigenvalue weighted by atomic mass is 10.1. The summed E-state index contributed by atoms with van der Waals surface area (Å²) in [5, 5.41) is 6.91. The largest absolute Gasteiger partial charge is 0.462 e. The monoisotopic (exact) mass is 492 g/mol. The van der Waals surface area contributed by atoms with Crippen LogP contribution < -0.4 is 10.6 Å². The van der Waals surface area contributed by atoms with E-state index in [1.54, 1.807) is 0 Å². The molecule has 0 unspecified atom stereocenters. The molecule has 0 spiro atoms. The quantitative estimate of drug-likeness (QED) is 0.179. The molecule has 1 saturated heterocycles. The van der Waals surface area contributed by atoms with Gasteiger partial charge in [0, 0.05) is 44.7 Å². The molecule has 2 aliphatic carbocycles. The fourth-order valence-electron chi connectivity index (χ4n) is 4.03. The van der Waals surface area contributed by atoms with E-state index in [4.69, 9.17) is 4.74 Å². The number of ether oxygens (including phenoxy) is 1. The van der Waals surface area contributed by atoms with Crippen LogP contribution in [0.5, 0.6) is 0 Å². The molecule has 1 heterocycles. The highest BCUT2D eigenvalue weighted by molar-refractivity contribution is 14.0. The molecule has 27 heavy (non-hydrogen) atoms. The number of rotatable bonds is 8. The van der Waals surface area contributed by atoms with Gasteiger partial charge in [-0.25, -0.2) is 0 Å². The van der Waals surface area contributed by atoms with E-state index < -0.39 is 0 Å². The fourth-order valence-corrected chi connectivity index (χ4v) is 4.03. The number of likely N-dealkylation sites (tertiary alicyclic amines) is 1. The molecule has 1 aliphatic heterocycles. The SMILES string of the molecule is CCNC(=NCCCC(=O)OC1CCCC1)NC1CCN(C2CC2)CC1.I. The Bertz CT molecular complexity index is 471. The van der Waals surface area contributed by atoms with Gasteiger partial charge >= 0.3 is 5.97 Å². The third-order valence-corrected chi connectivity index (χ3v) is 5.69. The smallest absolute Gasteiger partial charge is 0.306 e. The van der Waals surface area contributed by atoms with Gasteiger partial charge in [-0.15, -0.1) is 24.0 Å². The summed E-state index contributed by atoms with van der Waals surface area (Å²) in [5.74, 6) is 0.832. The predicted octanol–water partition coefficient (Wildman–Crippen LogP) is 3.05. The van der Waals surface area contributed by atoms with E-state index in [9.17, 15) is 4.79 Å². The first-order chi connectivity index (χ1) is 12.7. The molecule has 0 aromatic rings. The summed E-state index contributed by atoms with van der Waals surface area (Å²) in [6.07, 6.45) is 11.0. The van der Waals surface area contributed by atoms with Crippen LogP contribution in [-0.2, 0) is 9.53 Å². The van der Waals surface area contributed by atoms with Gasteiger partial charge in [-0.1, -0.05) is 0 Å². The number of carbonyl (C=O) groups is 1. The van der Waals surface area contributed by atoms with Crippen LogP contribution in [0.2, 0.25) is 0 Å². The number of nitrogens with zero attached hydrogens (tertiary/aromatic N) is 2. The molecule has 0 radical (unpaired) electrons. The molecule has 6 nitrogen and oxygen atoms in total. The lowest BCUT2D eigenvalue weighted by molar-refractivity contribution is -0.148. The van der Waals surface area contributed by atoms with Crippen LogP contribution in [0, 0.1) is 0 Å². The van der Waals surface area contributed by atoms with Gasteiger partial charge in [-0.3, -0.25) is 9.79 Å². The summed E-state index contributed by atoms with van der Waals surface area (Å²) in [7, 11) is 0. The Kier molecular flexibility index (Phi) is 10.2. The first-order valence-electron chi connectivity index (χ1n) is 10.7. The maximum atomic E-state index is 11.9. The summed E-state index contributed by atoms with van der Waals surface area (Å²) >= 11 is 0. The molecule has 7 heteroatoms. The minimum Gasteiger partial charge on any atom is -0.462 e. The van der Waals surface area contributed by atoms with E-state index in [1.165, 1.54) is 51.6 Å². The maximum absolute atomic E-state index is 11.9. The molecule has 3 fully saturated rings. The van der Waals surface area contributed by atoms with E-state index in [0.717, 1.165) is 37.8 Å².